The van der Waals surface area contributed by atoms with E-state index in [2.05, 4.69) is 23.9 Å². The Morgan fingerprint density at radius 3 is 2.89 bits per heavy atom. The molecule has 1 saturated heterocycles. The Morgan fingerprint density at radius 1 is 1.47 bits per heavy atom. The Bertz CT molecular complexity index is 481. The Labute approximate surface area is 114 Å². The summed E-state index contributed by atoms with van der Waals surface area (Å²) in [4.78, 5) is 4.55. The van der Waals surface area contributed by atoms with Crippen molar-refractivity contribution in [2.75, 3.05) is 33.7 Å². The molecule has 1 atom stereocenters. The van der Waals surface area contributed by atoms with Crippen molar-refractivity contribution in [3.8, 4) is 6.07 Å². The second-order valence-corrected chi connectivity index (χ2v) is 5.57. The molecule has 3 nitrogen and oxygen atoms in total. The molecule has 0 radical (unpaired) electrons. The minimum atomic E-state index is -0.331. The van der Waals surface area contributed by atoms with Gasteiger partial charge in [0.1, 0.15) is 5.82 Å². The third-order valence-corrected chi connectivity index (χ3v) is 3.60. The van der Waals surface area contributed by atoms with Crippen LogP contribution in [0.3, 0.4) is 0 Å². The molecule has 0 saturated carbocycles. The fourth-order valence-electron chi connectivity index (χ4n) is 2.80. The van der Waals surface area contributed by atoms with Crippen LogP contribution in [0.4, 0.5) is 4.39 Å². The quantitative estimate of drug-likeness (QED) is 0.831. The topological polar surface area (TPSA) is 30.3 Å². The highest BCUT2D eigenvalue weighted by atomic mass is 19.1. The van der Waals surface area contributed by atoms with E-state index in [4.69, 9.17) is 5.26 Å². The average Bonchev–Trinajstić information content (AvgIpc) is 2.73. The van der Waals surface area contributed by atoms with Gasteiger partial charge in [0.15, 0.2) is 0 Å². The number of halogens is 1. The van der Waals surface area contributed by atoms with E-state index in [1.54, 1.807) is 6.07 Å². The Hall–Kier alpha value is -1.44. The van der Waals surface area contributed by atoms with E-state index in [9.17, 15) is 4.39 Å². The van der Waals surface area contributed by atoms with Gasteiger partial charge < -0.3 is 9.80 Å². The third kappa shape index (κ3) is 4.02. The number of benzene rings is 1. The van der Waals surface area contributed by atoms with Crippen LogP contribution in [-0.2, 0) is 6.54 Å². The van der Waals surface area contributed by atoms with Crippen molar-refractivity contribution >= 4 is 0 Å². The summed E-state index contributed by atoms with van der Waals surface area (Å²) < 4.78 is 13.3. The van der Waals surface area contributed by atoms with Crippen molar-refractivity contribution in [3.05, 3.63) is 35.1 Å². The van der Waals surface area contributed by atoms with Gasteiger partial charge in [-0.05, 0) is 56.7 Å². The standard InChI is InChI=1S/C15H20FN3/c1-18-4-3-12(9-18)10-19(2)11-14-5-13(8-17)6-15(16)7-14/h5-7,12H,3-4,9-11H2,1-2H3. The van der Waals surface area contributed by atoms with Crippen molar-refractivity contribution in [2.45, 2.75) is 13.0 Å². The summed E-state index contributed by atoms with van der Waals surface area (Å²) in [5.74, 6) is 0.363. The normalized spacial score (nSPS) is 19.8. The first-order chi connectivity index (χ1) is 9.06. The van der Waals surface area contributed by atoms with Gasteiger partial charge >= 0.3 is 0 Å². The van der Waals surface area contributed by atoms with Crippen molar-refractivity contribution in [1.82, 2.24) is 9.80 Å². The van der Waals surface area contributed by atoms with Gasteiger partial charge in [-0.3, -0.25) is 0 Å². The molecule has 1 aromatic rings. The molecule has 1 aliphatic rings. The summed E-state index contributed by atoms with van der Waals surface area (Å²) in [6, 6.07) is 6.54. The molecule has 0 aliphatic carbocycles. The van der Waals surface area contributed by atoms with E-state index in [0.29, 0.717) is 18.0 Å². The third-order valence-electron chi connectivity index (χ3n) is 3.60. The number of likely N-dealkylation sites (tertiary alicyclic amines) is 1. The zero-order valence-corrected chi connectivity index (χ0v) is 11.6. The van der Waals surface area contributed by atoms with Crippen molar-refractivity contribution in [2.24, 2.45) is 5.92 Å². The van der Waals surface area contributed by atoms with Crippen LogP contribution in [0, 0.1) is 23.1 Å². The molecular formula is C15H20FN3. The summed E-state index contributed by atoms with van der Waals surface area (Å²) in [5.41, 5.74) is 1.26. The van der Waals surface area contributed by atoms with Gasteiger partial charge in [0.2, 0.25) is 0 Å². The molecule has 19 heavy (non-hydrogen) atoms. The fraction of sp³-hybridized carbons (Fsp3) is 0.533. The van der Waals surface area contributed by atoms with Gasteiger partial charge in [0.05, 0.1) is 11.6 Å². The lowest BCUT2D eigenvalue weighted by molar-refractivity contribution is 0.267. The first kappa shape index (κ1) is 14.0. The largest absolute Gasteiger partial charge is 0.306 e. The molecule has 0 spiro atoms. The lowest BCUT2D eigenvalue weighted by Crippen LogP contribution is -2.27. The van der Waals surface area contributed by atoms with Gasteiger partial charge in [-0.15, -0.1) is 0 Å². The van der Waals surface area contributed by atoms with E-state index in [1.807, 2.05) is 6.07 Å². The van der Waals surface area contributed by atoms with Crippen LogP contribution in [-0.4, -0.2) is 43.5 Å². The van der Waals surface area contributed by atoms with E-state index in [1.165, 1.54) is 18.6 Å². The van der Waals surface area contributed by atoms with Crippen LogP contribution in [0.2, 0.25) is 0 Å². The molecule has 1 aromatic carbocycles. The van der Waals surface area contributed by atoms with Crippen LogP contribution in [0.1, 0.15) is 17.5 Å². The molecule has 4 heteroatoms. The number of hydrogen-bond acceptors (Lipinski definition) is 3. The molecule has 0 N–H and O–H groups in total. The van der Waals surface area contributed by atoms with E-state index >= 15 is 0 Å². The lowest BCUT2D eigenvalue weighted by Gasteiger charge is -2.21. The summed E-state index contributed by atoms with van der Waals surface area (Å²) >= 11 is 0. The van der Waals surface area contributed by atoms with E-state index in [0.717, 1.165) is 25.2 Å². The Balaban J connectivity index is 1.93. The van der Waals surface area contributed by atoms with Crippen LogP contribution < -0.4 is 0 Å². The molecule has 2 rings (SSSR count). The van der Waals surface area contributed by atoms with Crippen molar-refractivity contribution in [3.63, 3.8) is 0 Å². The second-order valence-electron chi connectivity index (χ2n) is 5.57. The summed E-state index contributed by atoms with van der Waals surface area (Å²) in [5, 5.41) is 8.84. The molecule has 0 aromatic heterocycles. The predicted octanol–water partition coefficient (Wildman–Crippen LogP) is 2.08. The van der Waals surface area contributed by atoms with Crippen LogP contribution >= 0.6 is 0 Å². The second kappa shape index (κ2) is 6.14. The predicted molar refractivity (Wildman–Crippen MR) is 73.1 cm³/mol. The number of hydrogen-bond donors (Lipinski definition) is 0. The first-order valence-electron chi connectivity index (χ1n) is 6.63. The van der Waals surface area contributed by atoms with Gasteiger partial charge in [-0.2, -0.15) is 5.26 Å². The molecule has 0 amide bonds. The molecule has 1 heterocycles. The zero-order valence-electron chi connectivity index (χ0n) is 11.6. The molecule has 0 bridgehead atoms. The zero-order chi connectivity index (χ0) is 13.8. The minimum absolute atomic E-state index is 0.331. The maximum Gasteiger partial charge on any atom is 0.124 e. The average molecular weight is 261 g/mol. The number of nitriles is 1. The molecule has 1 aliphatic heterocycles. The monoisotopic (exact) mass is 261 g/mol. The van der Waals surface area contributed by atoms with Gasteiger partial charge in [0, 0.05) is 19.6 Å². The molecular weight excluding hydrogens is 241 g/mol. The Kier molecular flexibility index (Phi) is 4.52. The SMILES string of the molecule is CN1CCC(CN(C)Cc2cc(F)cc(C#N)c2)C1. The van der Waals surface area contributed by atoms with E-state index < -0.39 is 0 Å². The minimum Gasteiger partial charge on any atom is -0.306 e. The highest BCUT2D eigenvalue weighted by molar-refractivity contribution is 5.33. The first-order valence-corrected chi connectivity index (χ1v) is 6.63. The smallest absolute Gasteiger partial charge is 0.124 e. The van der Waals surface area contributed by atoms with Gasteiger partial charge in [0.25, 0.3) is 0 Å². The van der Waals surface area contributed by atoms with Gasteiger partial charge in [-0.1, -0.05) is 0 Å². The number of rotatable bonds is 4. The molecule has 1 unspecified atom stereocenters. The summed E-state index contributed by atoms with van der Waals surface area (Å²) in [6.07, 6.45) is 1.23. The highest BCUT2D eigenvalue weighted by Gasteiger charge is 2.20. The van der Waals surface area contributed by atoms with Crippen LogP contribution in [0.25, 0.3) is 0 Å². The van der Waals surface area contributed by atoms with Crippen LogP contribution in [0.5, 0.6) is 0 Å². The van der Waals surface area contributed by atoms with Crippen molar-refractivity contribution in [1.29, 1.82) is 5.26 Å². The highest BCUT2D eigenvalue weighted by Crippen LogP contribution is 2.17. The van der Waals surface area contributed by atoms with Crippen LogP contribution in [0.15, 0.2) is 18.2 Å². The summed E-state index contributed by atoms with van der Waals surface area (Å²) in [7, 11) is 4.20. The van der Waals surface area contributed by atoms with Crippen molar-refractivity contribution < 1.29 is 4.39 Å². The number of nitrogens with zero attached hydrogens (tertiary/aromatic N) is 3. The Morgan fingerprint density at radius 2 is 2.26 bits per heavy atom. The fourth-order valence-corrected chi connectivity index (χ4v) is 2.80. The lowest BCUT2D eigenvalue weighted by atomic mass is 10.1. The summed E-state index contributed by atoms with van der Waals surface area (Å²) in [6.45, 7) is 4.00. The maximum atomic E-state index is 13.3. The van der Waals surface area contributed by atoms with E-state index in [-0.39, 0.29) is 5.82 Å². The van der Waals surface area contributed by atoms with Gasteiger partial charge in [-0.25, -0.2) is 4.39 Å². The molecule has 1 fully saturated rings. The maximum absolute atomic E-state index is 13.3. The molecule has 102 valence electrons.